The van der Waals surface area contributed by atoms with Gasteiger partial charge in [-0.2, -0.15) is 5.10 Å². The van der Waals surface area contributed by atoms with E-state index in [-0.39, 0.29) is 0 Å². The predicted octanol–water partition coefficient (Wildman–Crippen LogP) is 5.08. The summed E-state index contributed by atoms with van der Waals surface area (Å²) in [6, 6.07) is 3.96. The zero-order chi connectivity index (χ0) is 25.1. The third-order valence-electron chi connectivity index (χ3n) is 6.84. The van der Waals surface area contributed by atoms with Gasteiger partial charge in [-0.15, -0.1) is 11.3 Å². The molecule has 4 aromatic heterocycles. The molecule has 4 heterocycles. The zero-order valence-corrected chi connectivity index (χ0v) is 21.1. The van der Waals surface area contributed by atoms with Gasteiger partial charge in [0.1, 0.15) is 22.2 Å². The topological polar surface area (TPSA) is 118 Å². The highest BCUT2D eigenvalue weighted by atomic mass is 32.1. The number of rotatable bonds is 7. The Balaban J connectivity index is 0.000000292. The fourth-order valence-corrected chi connectivity index (χ4v) is 5.86. The Hall–Kier alpha value is -3.18. The Bertz CT molecular complexity index is 1330. The maximum absolute atomic E-state index is 13.7. The SMILES string of the molecule is CC(C)CONC=O.Fc1cnc2n[nH]c(-c3nc(NC4CC5CCC4CC5)c4ccsc4n3)c2c1. The number of H-pyrrole nitrogens is 1. The lowest BCUT2D eigenvalue weighted by atomic mass is 9.68. The van der Waals surface area contributed by atoms with Crippen LogP contribution in [0.1, 0.15) is 46.0 Å². The average molecular weight is 512 g/mol. The molecule has 0 aromatic carbocycles. The molecule has 9 nitrogen and oxygen atoms in total. The summed E-state index contributed by atoms with van der Waals surface area (Å²) in [4.78, 5) is 28.7. The van der Waals surface area contributed by atoms with Gasteiger partial charge in [-0.3, -0.25) is 14.7 Å². The van der Waals surface area contributed by atoms with Gasteiger partial charge in [0.15, 0.2) is 11.5 Å². The van der Waals surface area contributed by atoms with E-state index in [4.69, 9.17) is 9.97 Å². The summed E-state index contributed by atoms with van der Waals surface area (Å²) in [5, 5.41) is 14.5. The first-order chi connectivity index (χ1) is 17.5. The van der Waals surface area contributed by atoms with Gasteiger partial charge >= 0.3 is 0 Å². The second-order valence-electron chi connectivity index (χ2n) is 9.87. The molecule has 0 saturated heterocycles. The third kappa shape index (κ3) is 5.31. The molecule has 4 aromatic rings. The normalized spacial score (nSPS) is 20.9. The summed E-state index contributed by atoms with van der Waals surface area (Å²) in [6.45, 7) is 4.58. The van der Waals surface area contributed by atoms with E-state index < -0.39 is 5.82 Å². The number of halogens is 1. The number of fused-ring (bicyclic) bond motifs is 5. The molecule has 3 N–H and O–H groups in total. The lowest BCUT2D eigenvalue weighted by Gasteiger charge is -2.42. The fourth-order valence-electron chi connectivity index (χ4n) is 5.10. The summed E-state index contributed by atoms with van der Waals surface area (Å²) in [5.74, 6) is 3.02. The van der Waals surface area contributed by atoms with E-state index in [0.717, 1.165) is 27.9 Å². The van der Waals surface area contributed by atoms with Crippen LogP contribution < -0.4 is 10.8 Å². The Morgan fingerprint density at radius 3 is 2.81 bits per heavy atom. The van der Waals surface area contributed by atoms with Crippen LogP contribution in [0.2, 0.25) is 0 Å². The van der Waals surface area contributed by atoms with E-state index in [9.17, 15) is 9.18 Å². The Morgan fingerprint density at radius 1 is 1.25 bits per heavy atom. The van der Waals surface area contributed by atoms with E-state index >= 15 is 0 Å². The molecular formula is C25H30FN7O2S. The van der Waals surface area contributed by atoms with E-state index in [1.54, 1.807) is 11.3 Å². The molecule has 36 heavy (non-hydrogen) atoms. The number of aromatic nitrogens is 5. The molecule has 2 bridgehead atoms. The van der Waals surface area contributed by atoms with Crippen LogP contribution in [-0.2, 0) is 9.63 Å². The summed E-state index contributed by atoms with van der Waals surface area (Å²) >= 11 is 1.58. The van der Waals surface area contributed by atoms with Crippen molar-refractivity contribution in [2.24, 2.45) is 17.8 Å². The molecule has 3 fully saturated rings. The molecule has 0 radical (unpaired) electrons. The van der Waals surface area contributed by atoms with Crippen LogP contribution in [0.3, 0.4) is 0 Å². The number of hydrogen-bond acceptors (Lipinski definition) is 8. The summed E-state index contributed by atoms with van der Waals surface area (Å²) in [6.07, 6.45) is 8.25. The number of hydroxylamine groups is 1. The number of pyridine rings is 1. The third-order valence-corrected chi connectivity index (χ3v) is 7.65. The van der Waals surface area contributed by atoms with Crippen molar-refractivity contribution in [2.75, 3.05) is 11.9 Å². The molecule has 190 valence electrons. The minimum Gasteiger partial charge on any atom is -0.366 e. The van der Waals surface area contributed by atoms with Crippen molar-refractivity contribution in [3.63, 3.8) is 0 Å². The number of anilines is 1. The van der Waals surface area contributed by atoms with E-state index in [1.165, 1.54) is 44.4 Å². The number of nitrogens with one attached hydrogen (secondary N) is 3. The number of amides is 1. The van der Waals surface area contributed by atoms with Gasteiger partial charge in [0.25, 0.3) is 0 Å². The Morgan fingerprint density at radius 2 is 2.08 bits per heavy atom. The van der Waals surface area contributed by atoms with Crippen LogP contribution in [0.15, 0.2) is 23.7 Å². The van der Waals surface area contributed by atoms with E-state index in [1.807, 2.05) is 19.2 Å². The summed E-state index contributed by atoms with van der Waals surface area (Å²) in [5.41, 5.74) is 3.16. The van der Waals surface area contributed by atoms with E-state index in [2.05, 4.69) is 36.9 Å². The minimum absolute atomic E-state index is 0.399. The maximum atomic E-state index is 13.7. The number of nitrogens with zero attached hydrogens (tertiary/aromatic N) is 4. The van der Waals surface area contributed by atoms with Gasteiger partial charge in [0.05, 0.1) is 23.6 Å². The standard InChI is InChI=1S/C20H19FN6S.C5H11NO2/c21-12-8-14-16(26-27-17(14)22-9-12)19-24-18(13-5-6-28-20(13)25-19)23-15-7-10-1-3-11(15)4-2-10;1-5(2)3-8-6-4-7/h5-6,8-11,15H,1-4,7H2,(H,22,26,27)(H,23,24,25);4-5H,3H2,1-2H3,(H,6,7). The van der Waals surface area contributed by atoms with Gasteiger partial charge in [0.2, 0.25) is 6.41 Å². The monoisotopic (exact) mass is 511 g/mol. The van der Waals surface area contributed by atoms with Gasteiger partial charge in [0, 0.05) is 6.04 Å². The number of carbonyl (C=O) groups excluding carboxylic acids is 1. The number of aromatic amines is 1. The van der Waals surface area contributed by atoms with Crippen molar-refractivity contribution >= 4 is 44.8 Å². The summed E-state index contributed by atoms with van der Waals surface area (Å²) in [7, 11) is 0. The molecule has 11 heteroatoms. The Kier molecular flexibility index (Phi) is 7.38. The van der Waals surface area contributed by atoms with Crippen molar-refractivity contribution in [3.8, 4) is 11.5 Å². The first-order valence-corrected chi connectivity index (χ1v) is 13.2. The Labute approximate surface area is 212 Å². The highest BCUT2D eigenvalue weighted by Crippen LogP contribution is 2.43. The first-order valence-electron chi connectivity index (χ1n) is 12.3. The highest BCUT2D eigenvalue weighted by Gasteiger charge is 2.36. The van der Waals surface area contributed by atoms with Crippen LogP contribution in [0.5, 0.6) is 0 Å². The molecule has 0 aliphatic heterocycles. The first kappa shape index (κ1) is 24.5. The molecular weight excluding hydrogens is 481 g/mol. The van der Waals surface area contributed by atoms with Gasteiger partial charge in [-0.05, 0) is 54.5 Å². The average Bonchev–Trinajstić information content (AvgIpc) is 3.52. The molecule has 3 aliphatic carbocycles. The molecule has 0 spiro atoms. The van der Waals surface area contributed by atoms with Gasteiger partial charge in [-0.1, -0.05) is 26.7 Å². The molecule has 1 atom stereocenters. The molecule has 1 amide bonds. The van der Waals surface area contributed by atoms with Crippen LogP contribution >= 0.6 is 11.3 Å². The molecule has 3 aliphatic rings. The fraction of sp³-hybridized carbons (Fsp3) is 0.480. The number of hydrogen-bond donors (Lipinski definition) is 3. The number of thiophene rings is 1. The molecule has 3 saturated carbocycles. The number of carbonyl (C=O) groups is 1. The van der Waals surface area contributed by atoms with Crippen molar-refractivity contribution in [1.82, 2.24) is 30.6 Å². The minimum atomic E-state index is -0.399. The van der Waals surface area contributed by atoms with Crippen LogP contribution in [0, 0.1) is 23.6 Å². The second-order valence-corrected chi connectivity index (χ2v) is 10.8. The smallest absolute Gasteiger partial charge is 0.230 e. The maximum Gasteiger partial charge on any atom is 0.230 e. The van der Waals surface area contributed by atoms with Crippen molar-refractivity contribution in [2.45, 2.75) is 52.0 Å². The van der Waals surface area contributed by atoms with E-state index in [0.29, 0.717) is 47.5 Å². The van der Waals surface area contributed by atoms with Crippen LogP contribution in [-0.4, -0.2) is 44.2 Å². The van der Waals surface area contributed by atoms with Crippen LogP contribution in [0.4, 0.5) is 10.2 Å². The molecule has 1 unspecified atom stereocenters. The largest absolute Gasteiger partial charge is 0.366 e. The quantitative estimate of drug-likeness (QED) is 0.180. The highest BCUT2D eigenvalue weighted by molar-refractivity contribution is 7.16. The summed E-state index contributed by atoms with van der Waals surface area (Å²) < 4.78 is 13.7. The second kappa shape index (κ2) is 10.8. The zero-order valence-electron chi connectivity index (χ0n) is 20.3. The predicted molar refractivity (Wildman–Crippen MR) is 138 cm³/mol. The van der Waals surface area contributed by atoms with Gasteiger partial charge < -0.3 is 5.32 Å². The van der Waals surface area contributed by atoms with Crippen LogP contribution in [0.25, 0.3) is 32.8 Å². The van der Waals surface area contributed by atoms with Crippen molar-refractivity contribution in [1.29, 1.82) is 0 Å². The lowest BCUT2D eigenvalue weighted by Crippen LogP contribution is -2.40. The van der Waals surface area contributed by atoms with Gasteiger partial charge in [-0.25, -0.2) is 24.8 Å². The van der Waals surface area contributed by atoms with Crippen molar-refractivity contribution < 1.29 is 14.0 Å². The molecule has 7 rings (SSSR count). The lowest BCUT2D eigenvalue weighted by molar-refractivity contribution is -0.121. The van der Waals surface area contributed by atoms with Crippen molar-refractivity contribution in [3.05, 3.63) is 29.5 Å².